The number of hydrogen-bond donors (Lipinski definition) is 1. The minimum absolute atomic E-state index is 0.00227. The second-order valence-electron chi connectivity index (χ2n) is 3.75. The molecule has 0 radical (unpaired) electrons. The third-order valence-corrected chi connectivity index (χ3v) is 3.95. The highest BCUT2D eigenvalue weighted by molar-refractivity contribution is 7.89. The van der Waals surface area contributed by atoms with Crippen molar-refractivity contribution in [1.82, 2.24) is 14.9 Å². The normalized spacial score (nSPS) is 11.7. The summed E-state index contributed by atoms with van der Waals surface area (Å²) < 4.78 is 29.9. The van der Waals surface area contributed by atoms with Crippen molar-refractivity contribution in [3.63, 3.8) is 0 Å². The SMILES string of the molecule is CCS(=O)(=O)NCc1nc(-c2cccc(Cl)c2)no1. The summed E-state index contributed by atoms with van der Waals surface area (Å²) in [6.07, 6.45) is 0. The van der Waals surface area contributed by atoms with Crippen molar-refractivity contribution < 1.29 is 12.9 Å². The predicted molar refractivity (Wildman–Crippen MR) is 71.0 cm³/mol. The number of nitrogens with zero attached hydrogens (tertiary/aromatic N) is 2. The van der Waals surface area contributed by atoms with E-state index in [1.807, 2.05) is 0 Å². The molecule has 0 spiro atoms. The molecule has 0 aliphatic rings. The van der Waals surface area contributed by atoms with Gasteiger partial charge in [-0.2, -0.15) is 4.98 Å². The van der Waals surface area contributed by atoms with Gasteiger partial charge in [0.1, 0.15) is 0 Å². The Kier molecular flexibility index (Phi) is 4.18. The number of nitrogens with one attached hydrogen (secondary N) is 1. The predicted octanol–water partition coefficient (Wildman–Crippen LogP) is 1.83. The van der Waals surface area contributed by atoms with Crippen LogP contribution < -0.4 is 4.72 Å². The molecule has 6 nitrogen and oxygen atoms in total. The smallest absolute Gasteiger partial charge is 0.242 e. The van der Waals surface area contributed by atoms with Crippen LogP contribution in [0.25, 0.3) is 11.4 Å². The van der Waals surface area contributed by atoms with Crippen molar-refractivity contribution in [2.45, 2.75) is 13.5 Å². The molecule has 0 saturated carbocycles. The third kappa shape index (κ3) is 3.76. The van der Waals surface area contributed by atoms with E-state index >= 15 is 0 Å². The molecule has 1 aromatic heterocycles. The highest BCUT2D eigenvalue weighted by atomic mass is 35.5. The van der Waals surface area contributed by atoms with Gasteiger partial charge in [0, 0.05) is 10.6 Å². The summed E-state index contributed by atoms with van der Waals surface area (Å²) in [5, 5.41) is 4.34. The Morgan fingerprint density at radius 3 is 2.89 bits per heavy atom. The number of halogens is 1. The molecule has 0 saturated heterocycles. The van der Waals surface area contributed by atoms with Crippen molar-refractivity contribution >= 4 is 21.6 Å². The lowest BCUT2D eigenvalue weighted by Gasteiger charge is -1.99. The number of rotatable bonds is 5. The van der Waals surface area contributed by atoms with Gasteiger partial charge >= 0.3 is 0 Å². The summed E-state index contributed by atoms with van der Waals surface area (Å²) in [6.45, 7) is 1.53. The first-order chi connectivity index (χ1) is 9.00. The maximum absolute atomic E-state index is 11.3. The van der Waals surface area contributed by atoms with Crippen LogP contribution in [0.2, 0.25) is 5.02 Å². The van der Waals surface area contributed by atoms with Gasteiger partial charge in [0.05, 0.1) is 12.3 Å². The summed E-state index contributed by atoms with van der Waals surface area (Å²) >= 11 is 5.86. The lowest BCUT2D eigenvalue weighted by Crippen LogP contribution is -2.24. The van der Waals surface area contributed by atoms with E-state index in [1.165, 1.54) is 0 Å². The van der Waals surface area contributed by atoms with Crippen molar-refractivity contribution in [3.05, 3.63) is 35.2 Å². The van der Waals surface area contributed by atoms with Crippen molar-refractivity contribution in [1.29, 1.82) is 0 Å². The largest absolute Gasteiger partial charge is 0.338 e. The zero-order chi connectivity index (χ0) is 13.9. The molecule has 0 atom stereocenters. The Balaban J connectivity index is 2.12. The molecule has 0 fully saturated rings. The van der Waals surface area contributed by atoms with Gasteiger partial charge in [-0.1, -0.05) is 28.9 Å². The van der Waals surface area contributed by atoms with Gasteiger partial charge in [-0.25, -0.2) is 13.1 Å². The fraction of sp³-hybridized carbons (Fsp3) is 0.273. The number of sulfonamides is 1. The molecule has 0 bridgehead atoms. The van der Waals surface area contributed by atoms with E-state index in [4.69, 9.17) is 16.1 Å². The fourth-order valence-electron chi connectivity index (χ4n) is 1.35. The van der Waals surface area contributed by atoms with E-state index < -0.39 is 10.0 Å². The first-order valence-corrected chi connectivity index (χ1v) is 7.59. The van der Waals surface area contributed by atoms with Crippen LogP contribution in [0.1, 0.15) is 12.8 Å². The zero-order valence-corrected chi connectivity index (χ0v) is 11.7. The molecule has 2 aromatic rings. The molecule has 19 heavy (non-hydrogen) atoms. The van der Waals surface area contributed by atoms with E-state index in [-0.39, 0.29) is 18.2 Å². The zero-order valence-electron chi connectivity index (χ0n) is 10.1. The van der Waals surface area contributed by atoms with Gasteiger partial charge in [-0.15, -0.1) is 0 Å². The molecule has 1 aromatic carbocycles. The molecule has 8 heteroatoms. The molecule has 1 N–H and O–H groups in total. The minimum atomic E-state index is -3.28. The van der Waals surface area contributed by atoms with Gasteiger partial charge in [0.15, 0.2) is 0 Å². The van der Waals surface area contributed by atoms with Gasteiger partial charge < -0.3 is 4.52 Å². The standard InChI is InChI=1S/C11H12ClN3O3S/c1-2-19(16,17)13-7-10-14-11(15-18-10)8-4-3-5-9(12)6-8/h3-6,13H,2,7H2,1H3. The lowest BCUT2D eigenvalue weighted by atomic mass is 10.2. The highest BCUT2D eigenvalue weighted by Crippen LogP contribution is 2.19. The van der Waals surface area contributed by atoms with Crippen LogP contribution in [0.4, 0.5) is 0 Å². The molecular formula is C11H12ClN3O3S. The number of aromatic nitrogens is 2. The minimum Gasteiger partial charge on any atom is -0.338 e. The molecule has 0 aliphatic heterocycles. The molecule has 0 aliphatic carbocycles. The summed E-state index contributed by atoms with van der Waals surface area (Å²) in [7, 11) is -3.28. The highest BCUT2D eigenvalue weighted by Gasteiger charge is 2.12. The molecular weight excluding hydrogens is 290 g/mol. The fourth-order valence-corrected chi connectivity index (χ4v) is 2.08. The Hall–Kier alpha value is -1.44. The van der Waals surface area contributed by atoms with Crippen molar-refractivity contribution in [3.8, 4) is 11.4 Å². The van der Waals surface area contributed by atoms with Crippen LogP contribution in [-0.2, 0) is 16.6 Å². The lowest BCUT2D eigenvalue weighted by molar-refractivity contribution is 0.376. The second kappa shape index (κ2) is 5.68. The van der Waals surface area contributed by atoms with E-state index in [2.05, 4.69) is 14.9 Å². The van der Waals surface area contributed by atoms with Gasteiger partial charge in [-0.3, -0.25) is 0 Å². The quantitative estimate of drug-likeness (QED) is 0.910. The summed E-state index contributed by atoms with van der Waals surface area (Å²) in [6, 6.07) is 7.00. The number of benzene rings is 1. The molecule has 1 heterocycles. The topological polar surface area (TPSA) is 85.1 Å². The van der Waals surface area contributed by atoms with Gasteiger partial charge in [0.25, 0.3) is 0 Å². The van der Waals surface area contributed by atoms with Crippen LogP contribution in [0.3, 0.4) is 0 Å². The van der Waals surface area contributed by atoms with E-state index in [1.54, 1.807) is 31.2 Å². The Bertz CT molecular complexity index is 669. The summed E-state index contributed by atoms with van der Waals surface area (Å²) in [5.41, 5.74) is 0.709. The molecule has 2 rings (SSSR count). The first-order valence-electron chi connectivity index (χ1n) is 5.56. The number of hydrogen-bond acceptors (Lipinski definition) is 5. The van der Waals surface area contributed by atoms with Crippen LogP contribution in [0.15, 0.2) is 28.8 Å². The second-order valence-corrected chi connectivity index (χ2v) is 6.28. The van der Waals surface area contributed by atoms with E-state index in [0.717, 1.165) is 0 Å². The maximum Gasteiger partial charge on any atom is 0.242 e. The monoisotopic (exact) mass is 301 g/mol. The molecule has 0 unspecified atom stereocenters. The Labute approximate surface area is 115 Å². The van der Waals surface area contributed by atoms with Gasteiger partial charge in [0.2, 0.25) is 21.7 Å². The van der Waals surface area contributed by atoms with E-state index in [0.29, 0.717) is 16.4 Å². The van der Waals surface area contributed by atoms with Crippen molar-refractivity contribution in [2.24, 2.45) is 0 Å². The third-order valence-electron chi connectivity index (χ3n) is 2.37. The maximum atomic E-state index is 11.3. The van der Waals surface area contributed by atoms with Crippen LogP contribution in [0.5, 0.6) is 0 Å². The molecule has 102 valence electrons. The first kappa shape index (κ1) is 14.0. The van der Waals surface area contributed by atoms with Crippen LogP contribution in [0, 0.1) is 0 Å². The summed E-state index contributed by atoms with van der Waals surface area (Å²) in [4.78, 5) is 4.10. The van der Waals surface area contributed by atoms with E-state index in [9.17, 15) is 8.42 Å². The Morgan fingerprint density at radius 1 is 1.42 bits per heavy atom. The summed E-state index contributed by atoms with van der Waals surface area (Å²) in [5.74, 6) is 0.572. The average Bonchev–Trinajstić information content (AvgIpc) is 2.85. The molecule has 0 amide bonds. The Morgan fingerprint density at radius 2 is 2.21 bits per heavy atom. The van der Waals surface area contributed by atoms with Crippen LogP contribution in [-0.4, -0.2) is 24.3 Å². The average molecular weight is 302 g/mol. The van der Waals surface area contributed by atoms with Crippen LogP contribution >= 0.6 is 11.6 Å². The van der Waals surface area contributed by atoms with Gasteiger partial charge in [-0.05, 0) is 19.1 Å². The van der Waals surface area contributed by atoms with Crippen molar-refractivity contribution in [2.75, 3.05) is 5.75 Å².